The molecule has 156 valence electrons. The van der Waals surface area contributed by atoms with Gasteiger partial charge in [-0.05, 0) is 74.1 Å². The summed E-state index contributed by atoms with van der Waals surface area (Å²) < 4.78 is 7.50. The van der Waals surface area contributed by atoms with Gasteiger partial charge in [0.15, 0.2) is 5.11 Å². The lowest BCUT2D eigenvalue weighted by atomic mass is 10.1. The second-order valence-corrected chi connectivity index (χ2v) is 7.40. The van der Waals surface area contributed by atoms with Crippen molar-refractivity contribution in [1.29, 1.82) is 0 Å². The summed E-state index contributed by atoms with van der Waals surface area (Å²) in [5.41, 5.74) is 4.98. The number of amides is 1. The zero-order chi connectivity index (χ0) is 21.8. The molecule has 0 unspecified atom stereocenters. The molecule has 0 spiro atoms. The van der Waals surface area contributed by atoms with Crippen LogP contribution in [0.25, 0.3) is 16.9 Å². The van der Waals surface area contributed by atoms with Crippen molar-refractivity contribution in [3.63, 3.8) is 0 Å². The number of carbonyl (C=O) groups is 1. The van der Waals surface area contributed by atoms with E-state index in [1.54, 1.807) is 18.2 Å². The third-order valence-electron chi connectivity index (χ3n) is 4.77. The molecule has 4 aromatic rings. The Labute approximate surface area is 185 Å². The molecule has 2 aromatic carbocycles. The van der Waals surface area contributed by atoms with Crippen molar-refractivity contribution in [2.24, 2.45) is 0 Å². The molecule has 0 aliphatic heterocycles. The number of thiocarbonyl (C=S) groups is 1. The lowest BCUT2D eigenvalue weighted by molar-refractivity contribution is 0.0977. The van der Waals surface area contributed by atoms with E-state index < -0.39 is 0 Å². The van der Waals surface area contributed by atoms with E-state index in [1.807, 2.05) is 73.1 Å². The van der Waals surface area contributed by atoms with Crippen molar-refractivity contribution in [3.05, 3.63) is 84.2 Å². The maximum absolute atomic E-state index is 12.5. The molecule has 1 amide bonds. The monoisotopic (exact) mass is 430 g/mol. The number of carbonyl (C=O) groups excluding carboxylic acids is 1. The number of ether oxygens (including phenoxy) is 1. The molecule has 0 saturated heterocycles. The number of pyridine rings is 1. The zero-order valence-electron chi connectivity index (χ0n) is 17.3. The zero-order valence-corrected chi connectivity index (χ0v) is 18.1. The fourth-order valence-corrected chi connectivity index (χ4v) is 3.45. The van der Waals surface area contributed by atoms with Crippen molar-refractivity contribution < 1.29 is 9.53 Å². The molecule has 0 aliphatic rings. The van der Waals surface area contributed by atoms with Gasteiger partial charge in [-0.3, -0.25) is 10.1 Å². The minimum atomic E-state index is -0.273. The summed E-state index contributed by atoms with van der Waals surface area (Å²) in [4.78, 5) is 17.1. The number of hydrogen-bond donors (Lipinski definition) is 2. The highest BCUT2D eigenvalue weighted by molar-refractivity contribution is 7.80. The molecule has 2 heterocycles. The van der Waals surface area contributed by atoms with E-state index >= 15 is 0 Å². The van der Waals surface area contributed by atoms with E-state index in [0.29, 0.717) is 12.2 Å². The van der Waals surface area contributed by atoms with Crippen LogP contribution in [0.3, 0.4) is 0 Å². The SMILES string of the molecule is CCOc1ccc(C(=O)NC(=S)Nc2ccc(-c3cn4ccccc4n3)cc2)cc1C. The van der Waals surface area contributed by atoms with Gasteiger partial charge in [-0.2, -0.15) is 0 Å². The van der Waals surface area contributed by atoms with Crippen molar-refractivity contribution >= 4 is 34.6 Å². The fraction of sp³-hybridized carbons (Fsp3) is 0.125. The molecule has 0 bridgehead atoms. The van der Waals surface area contributed by atoms with E-state index in [0.717, 1.165) is 33.9 Å². The van der Waals surface area contributed by atoms with Gasteiger partial charge < -0.3 is 14.5 Å². The molecule has 0 atom stereocenters. The predicted octanol–water partition coefficient (Wildman–Crippen LogP) is 4.84. The summed E-state index contributed by atoms with van der Waals surface area (Å²) in [5, 5.41) is 5.99. The number of nitrogens with zero attached hydrogens (tertiary/aromatic N) is 2. The van der Waals surface area contributed by atoms with E-state index in [4.69, 9.17) is 17.0 Å². The molecular weight excluding hydrogens is 408 g/mol. The molecule has 0 fully saturated rings. The summed E-state index contributed by atoms with van der Waals surface area (Å²) in [7, 11) is 0. The molecule has 2 aromatic heterocycles. The highest BCUT2D eigenvalue weighted by Crippen LogP contribution is 2.22. The Morgan fingerprint density at radius 1 is 1.13 bits per heavy atom. The number of imidazole rings is 1. The average molecular weight is 431 g/mol. The number of benzene rings is 2. The standard InChI is InChI=1S/C24H22N4O2S/c1-3-30-21-12-9-18(14-16(21)2)23(29)27-24(31)25-19-10-7-17(8-11-19)20-15-28-13-5-4-6-22(28)26-20/h4-15H,3H2,1-2H3,(H2,25,27,29,31). The molecule has 0 aliphatic carbocycles. The number of aryl methyl sites for hydroxylation is 1. The van der Waals surface area contributed by atoms with Crippen molar-refractivity contribution in [2.75, 3.05) is 11.9 Å². The Morgan fingerprint density at radius 3 is 2.65 bits per heavy atom. The Bertz CT molecular complexity index is 1220. The molecule has 0 saturated carbocycles. The Morgan fingerprint density at radius 2 is 1.94 bits per heavy atom. The third-order valence-corrected chi connectivity index (χ3v) is 4.97. The lowest BCUT2D eigenvalue weighted by Crippen LogP contribution is -2.34. The van der Waals surface area contributed by atoms with Crippen molar-refractivity contribution in [1.82, 2.24) is 14.7 Å². The summed E-state index contributed by atoms with van der Waals surface area (Å²) in [6.07, 6.45) is 3.95. The quantitative estimate of drug-likeness (QED) is 0.444. The molecule has 4 rings (SSSR count). The number of rotatable bonds is 5. The summed E-state index contributed by atoms with van der Waals surface area (Å²) in [6, 6.07) is 18.9. The first-order valence-electron chi connectivity index (χ1n) is 9.93. The van der Waals surface area contributed by atoms with Gasteiger partial charge in [-0.15, -0.1) is 0 Å². The van der Waals surface area contributed by atoms with Crippen LogP contribution in [0, 0.1) is 6.92 Å². The molecule has 2 N–H and O–H groups in total. The van der Waals surface area contributed by atoms with Gasteiger partial charge in [0.2, 0.25) is 0 Å². The largest absolute Gasteiger partial charge is 0.494 e. The normalized spacial score (nSPS) is 10.6. The van der Waals surface area contributed by atoms with E-state index in [1.165, 1.54) is 0 Å². The first-order chi connectivity index (χ1) is 15.0. The van der Waals surface area contributed by atoms with Crippen LogP contribution in [-0.4, -0.2) is 27.0 Å². The van der Waals surface area contributed by atoms with Gasteiger partial charge in [-0.1, -0.05) is 18.2 Å². The molecule has 31 heavy (non-hydrogen) atoms. The van der Waals surface area contributed by atoms with Gasteiger partial charge in [0, 0.05) is 29.2 Å². The van der Waals surface area contributed by atoms with Crippen molar-refractivity contribution in [3.8, 4) is 17.0 Å². The van der Waals surface area contributed by atoms with Gasteiger partial charge in [0.25, 0.3) is 5.91 Å². The van der Waals surface area contributed by atoms with Crippen molar-refractivity contribution in [2.45, 2.75) is 13.8 Å². The molecule has 7 heteroatoms. The van der Waals surface area contributed by atoms with Gasteiger partial charge in [-0.25, -0.2) is 4.98 Å². The van der Waals surface area contributed by atoms with Crippen LogP contribution in [0.15, 0.2) is 73.1 Å². The molecular formula is C24H22N4O2S. The van der Waals surface area contributed by atoms with E-state index in [-0.39, 0.29) is 11.0 Å². The van der Waals surface area contributed by atoms with Crippen LogP contribution in [0.5, 0.6) is 5.75 Å². The molecule has 6 nitrogen and oxygen atoms in total. The second kappa shape index (κ2) is 8.97. The van der Waals surface area contributed by atoms with Crippen LogP contribution in [-0.2, 0) is 0 Å². The minimum Gasteiger partial charge on any atom is -0.494 e. The van der Waals surface area contributed by atoms with Crippen LogP contribution in [0.1, 0.15) is 22.8 Å². The number of hydrogen-bond acceptors (Lipinski definition) is 4. The summed E-state index contributed by atoms with van der Waals surface area (Å²) >= 11 is 5.30. The smallest absolute Gasteiger partial charge is 0.257 e. The second-order valence-electron chi connectivity index (χ2n) is 6.99. The van der Waals surface area contributed by atoms with Gasteiger partial charge in [0.05, 0.1) is 12.3 Å². The lowest BCUT2D eigenvalue weighted by Gasteiger charge is -2.12. The topological polar surface area (TPSA) is 67.7 Å². The van der Waals surface area contributed by atoms with Crippen LogP contribution >= 0.6 is 12.2 Å². The highest BCUT2D eigenvalue weighted by atomic mass is 32.1. The summed E-state index contributed by atoms with van der Waals surface area (Å²) in [5.74, 6) is 0.496. The molecule has 0 radical (unpaired) electrons. The highest BCUT2D eigenvalue weighted by Gasteiger charge is 2.11. The fourth-order valence-electron chi connectivity index (χ4n) is 3.24. The van der Waals surface area contributed by atoms with Crippen LogP contribution in [0.2, 0.25) is 0 Å². The first kappa shape index (κ1) is 20.6. The maximum atomic E-state index is 12.5. The number of anilines is 1. The maximum Gasteiger partial charge on any atom is 0.257 e. The third kappa shape index (κ3) is 4.73. The number of nitrogens with one attached hydrogen (secondary N) is 2. The van der Waals surface area contributed by atoms with Gasteiger partial charge in [0.1, 0.15) is 11.4 Å². The first-order valence-corrected chi connectivity index (χ1v) is 10.3. The predicted molar refractivity (Wildman–Crippen MR) is 127 cm³/mol. The Kier molecular flexibility index (Phi) is 5.95. The van der Waals surface area contributed by atoms with Gasteiger partial charge >= 0.3 is 0 Å². The Balaban J connectivity index is 1.39. The number of fused-ring (bicyclic) bond motifs is 1. The number of aromatic nitrogens is 2. The Hall–Kier alpha value is -3.71. The summed E-state index contributed by atoms with van der Waals surface area (Å²) in [6.45, 7) is 4.41. The minimum absolute atomic E-state index is 0.233. The van der Waals surface area contributed by atoms with Crippen LogP contribution in [0.4, 0.5) is 5.69 Å². The van der Waals surface area contributed by atoms with E-state index in [9.17, 15) is 4.79 Å². The van der Waals surface area contributed by atoms with Crippen LogP contribution < -0.4 is 15.4 Å². The van der Waals surface area contributed by atoms with E-state index in [2.05, 4.69) is 15.6 Å². The average Bonchev–Trinajstić information content (AvgIpc) is 3.20.